The lowest BCUT2D eigenvalue weighted by atomic mass is 9.87. The fourth-order valence-corrected chi connectivity index (χ4v) is 6.08. The van der Waals surface area contributed by atoms with E-state index in [0.29, 0.717) is 37.3 Å². The molecular formula is C20H37FN6O. The molecule has 5 fully saturated rings. The van der Waals surface area contributed by atoms with Gasteiger partial charge in [-0.1, -0.05) is 0 Å². The lowest BCUT2D eigenvalue weighted by Gasteiger charge is -2.47. The van der Waals surface area contributed by atoms with Crippen molar-refractivity contribution in [3.05, 3.63) is 0 Å². The number of hydrazine groups is 1. The Kier molecular flexibility index (Phi) is 6.16. The normalized spacial score (nSPS) is 46.4. The first-order chi connectivity index (χ1) is 13.8. The highest BCUT2D eigenvalue weighted by Crippen LogP contribution is 2.35. The summed E-state index contributed by atoms with van der Waals surface area (Å²) in [5.41, 5.74) is 3.59. The summed E-state index contributed by atoms with van der Waals surface area (Å²) in [6.45, 7) is 6.53. The van der Waals surface area contributed by atoms with Crippen LogP contribution in [0.25, 0.3) is 0 Å². The molecule has 0 aromatic heterocycles. The third-order valence-electron chi connectivity index (χ3n) is 7.49. The predicted octanol–water partition coefficient (Wildman–Crippen LogP) is 0.206. The fraction of sp³-hybridized carbons (Fsp3) is 1.00. The van der Waals surface area contributed by atoms with Crippen molar-refractivity contribution < 1.29 is 9.13 Å². The summed E-state index contributed by atoms with van der Waals surface area (Å²) in [6.07, 6.45) is 6.33. The maximum Gasteiger partial charge on any atom is 0.113 e. The second-order valence-corrected chi connectivity index (χ2v) is 9.29. The Morgan fingerprint density at radius 1 is 1.00 bits per heavy atom. The van der Waals surface area contributed by atoms with Crippen LogP contribution in [-0.4, -0.2) is 86.6 Å². The van der Waals surface area contributed by atoms with Crippen molar-refractivity contribution in [1.82, 2.24) is 31.3 Å². The molecule has 0 saturated carbocycles. The molecular weight excluding hydrogens is 359 g/mol. The molecule has 8 heteroatoms. The Labute approximate surface area is 168 Å². The summed E-state index contributed by atoms with van der Waals surface area (Å²) in [5.74, 6) is 0.830. The highest BCUT2D eigenvalue weighted by Gasteiger charge is 2.46. The van der Waals surface area contributed by atoms with Gasteiger partial charge in [-0.25, -0.2) is 9.40 Å². The second-order valence-electron chi connectivity index (χ2n) is 9.29. The van der Waals surface area contributed by atoms with E-state index in [1.54, 1.807) is 0 Å². The summed E-state index contributed by atoms with van der Waals surface area (Å²) < 4.78 is 20.6. The number of hydrogen-bond donors (Lipinski definition) is 4. The van der Waals surface area contributed by atoms with E-state index in [4.69, 9.17) is 4.74 Å². The van der Waals surface area contributed by atoms with Crippen LogP contribution in [0.4, 0.5) is 4.39 Å². The molecule has 0 amide bonds. The lowest BCUT2D eigenvalue weighted by Crippen LogP contribution is -2.65. The van der Waals surface area contributed by atoms with Crippen molar-refractivity contribution in [2.75, 3.05) is 45.9 Å². The topological polar surface area (TPSA) is 63.8 Å². The van der Waals surface area contributed by atoms with Gasteiger partial charge in [-0.05, 0) is 51.6 Å². The van der Waals surface area contributed by atoms with Gasteiger partial charge in [-0.15, -0.1) is 0 Å². The highest BCUT2D eigenvalue weighted by atomic mass is 19.1. The zero-order valence-electron chi connectivity index (χ0n) is 16.9. The molecule has 6 unspecified atom stereocenters. The van der Waals surface area contributed by atoms with Crippen molar-refractivity contribution in [3.63, 3.8) is 0 Å². The first-order valence-electron chi connectivity index (χ1n) is 11.5. The second kappa shape index (κ2) is 8.79. The SMILES string of the molecule is FC1CNC2OCCCCNCC3CNN4CCC(NC34)N3CCC[C@@H]3C2C1. The zero-order valence-corrected chi connectivity index (χ0v) is 16.9. The van der Waals surface area contributed by atoms with Gasteiger partial charge in [0.1, 0.15) is 12.4 Å². The van der Waals surface area contributed by atoms with E-state index in [1.165, 1.54) is 6.42 Å². The van der Waals surface area contributed by atoms with Gasteiger partial charge in [0.05, 0.1) is 12.3 Å². The van der Waals surface area contributed by atoms with E-state index in [2.05, 4.69) is 31.3 Å². The molecule has 0 aliphatic carbocycles. The molecule has 0 aromatic carbocycles. The summed E-state index contributed by atoms with van der Waals surface area (Å²) in [7, 11) is 0. The summed E-state index contributed by atoms with van der Waals surface area (Å²) in [4.78, 5) is 2.65. The monoisotopic (exact) mass is 396 g/mol. The van der Waals surface area contributed by atoms with Crippen LogP contribution in [0, 0.1) is 11.8 Å². The van der Waals surface area contributed by atoms with Gasteiger partial charge in [-0.2, -0.15) is 0 Å². The number of fused-ring (bicyclic) bond motifs is 5. The van der Waals surface area contributed by atoms with E-state index in [1.807, 2.05) is 0 Å². The number of alkyl halides is 1. The summed E-state index contributed by atoms with van der Waals surface area (Å²) in [6, 6.07) is 0.413. The average molecular weight is 397 g/mol. The first kappa shape index (κ1) is 19.6. The third-order valence-corrected chi connectivity index (χ3v) is 7.49. The van der Waals surface area contributed by atoms with Crippen LogP contribution < -0.4 is 21.4 Å². The Morgan fingerprint density at radius 3 is 2.93 bits per heavy atom. The number of rotatable bonds is 0. The zero-order chi connectivity index (χ0) is 18.9. The van der Waals surface area contributed by atoms with Crippen LogP contribution in [0.3, 0.4) is 0 Å². The largest absolute Gasteiger partial charge is 0.363 e. The van der Waals surface area contributed by atoms with Gasteiger partial charge >= 0.3 is 0 Å². The molecule has 2 bridgehead atoms. The van der Waals surface area contributed by atoms with E-state index >= 15 is 0 Å². The minimum absolute atomic E-state index is 0.00308. The van der Waals surface area contributed by atoms with Gasteiger partial charge in [0.25, 0.3) is 0 Å². The van der Waals surface area contributed by atoms with E-state index in [9.17, 15) is 4.39 Å². The number of nitrogens with one attached hydrogen (secondary N) is 4. The standard InChI is InChI=1S/C20H37FN6O/c21-15-10-16-17-4-3-7-26(17)18-5-8-27-19(25-18)14(12-24-27)11-22-6-1-2-9-28-20(16)23-13-15/h14-20,22-25H,1-13H2/t14?,15?,16?,17-,18?,19?,20?/m1/s1. The maximum atomic E-state index is 14.3. The van der Waals surface area contributed by atoms with Gasteiger partial charge in [0.15, 0.2) is 0 Å². The molecule has 28 heavy (non-hydrogen) atoms. The predicted molar refractivity (Wildman–Crippen MR) is 106 cm³/mol. The van der Waals surface area contributed by atoms with Crippen LogP contribution in [0.5, 0.6) is 0 Å². The minimum atomic E-state index is -0.753. The van der Waals surface area contributed by atoms with E-state index < -0.39 is 6.17 Å². The number of hydrogen-bond acceptors (Lipinski definition) is 7. The Bertz CT molecular complexity index is 527. The molecule has 7 nitrogen and oxygen atoms in total. The van der Waals surface area contributed by atoms with Crippen LogP contribution in [0.2, 0.25) is 0 Å². The maximum absolute atomic E-state index is 14.3. The van der Waals surface area contributed by atoms with Crippen molar-refractivity contribution in [2.24, 2.45) is 11.8 Å². The van der Waals surface area contributed by atoms with E-state index in [-0.39, 0.29) is 12.1 Å². The van der Waals surface area contributed by atoms with Crippen LogP contribution >= 0.6 is 0 Å². The van der Waals surface area contributed by atoms with Gasteiger partial charge in [-0.3, -0.25) is 21.0 Å². The van der Waals surface area contributed by atoms with Gasteiger partial charge in [0.2, 0.25) is 0 Å². The molecule has 5 aliphatic rings. The summed E-state index contributed by atoms with van der Waals surface area (Å²) in [5, 5.41) is 13.4. The minimum Gasteiger partial charge on any atom is -0.363 e. The molecule has 7 atom stereocenters. The average Bonchev–Trinajstić information content (AvgIpc) is 3.34. The van der Waals surface area contributed by atoms with Crippen molar-refractivity contribution in [1.29, 1.82) is 0 Å². The van der Waals surface area contributed by atoms with Gasteiger partial charge in [0, 0.05) is 50.7 Å². The van der Waals surface area contributed by atoms with Crippen LogP contribution in [0.1, 0.15) is 38.5 Å². The third kappa shape index (κ3) is 3.97. The highest BCUT2D eigenvalue weighted by molar-refractivity contribution is 4.98. The molecule has 5 aliphatic heterocycles. The smallest absolute Gasteiger partial charge is 0.113 e. The number of nitrogens with zero attached hydrogens (tertiary/aromatic N) is 2. The Morgan fingerprint density at radius 2 is 1.96 bits per heavy atom. The van der Waals surface area contributed by atoms with E-state index in [0.717, 1.165) is 65.0 Å². The number of halogens is 1. The molecule has 4 N–H and O–H groups in total. The molecule has 0 spiro atoms. The fourth-order valence-electron chi connectivity index (χ4n) is 6.08. The number of ether oxygens (including phenoxy) is 1. The van der Waals surface area contributed by atoms with Crippen molar-refractivity contribution in [2.45, 2.75) is 69.3 Å². The molecule has 5 heterocycles. The van der Waals surface area contributed by atoms with Crippen molar-refractivity contribution in [3.8, 4) is 0 Å². The number of piperidine rings is 1. The lowest BCUT2D eigenvalue weighted by molar-refractivity contribution is -0.0786. The Hall–Kier alpha value is -0.350. The van der Waals surface area contributed by atoms with Crippen LogP contribution in [0.15, 0.2) is 0 Å². The van der Waals surface area contributed by atoms with Crippen molar-refractivity contribution >= 4 is 0 Å². The summed E-state index contributed by atoms with van der Waals surface area (Å²) >= 11 is 0. The molecule has 5 rings (SSSR count). The Balaban J connectivity index is 1.36. The van der Waals surface area contributed by atoms with Gasteiger partial charge < -0.3 is 10.1 Å². The van der Waals surface area contributed by atoms with Crippen LogP contribution in [-0.2, 0) is 4.74 Å². The molecule has 0 radical (unpaired) electrons. The quantitative estimate of drug-likeness (QED) is 0.467. The molecule has 5 saturated heterocycles. The molecule has 160 valence electrons. The first-order valence-corrected chi connectivity index (χ1v) is 11.5. The molecule has 0 aromatic rings.